The number of nitrogens with zero attached hydrogens (tertiary/aromatic N) is 3. The minimum Gasteiger partial charge on any atom is -0.508 e. The minimum atomic E-state index is 0.246. The number of hydrogen-bond donors (Lipinski definition) is 1. The van der Waals surface area contributed by atoms with Crippen molar-refractivity contribution >= 4 is 5.95 Å². The summed E-state index contributed by atoms with van der Waals surface area (Å²) < 4.78 is 5.33. The molecular formula is C14H17N3O2. The largest absolute Gasteiger partial charge is 0.508 e. The van der Waals surface area contributed by atoms with Crippen LogP contribution in [-0.2, 0) is 0 Å². The van der Waals surface area contributed by atoms with Crippen LogP contribution in [-0.4, -0.2) is 28.3 Å². The van der Waals surface area contributed by atoms with E-state index in [1.165, 1.54) is 19.3 Å². The lowest BCUT2D eigenvalue weighted by molar-refractivity contribution is 0.425. The first-order chi connectivity index (χ1) is 9.25. The lowest BCUT2D eigenvalue weighted by atomic mass is 10.1. The second kappa shape index (κ2) is 4.91. The zero-order chi connectivity index (χ0) is 13.2. The van der Waals surface area contributed by atoms with Gasteiger partial charge in [-0.2, -0.15) is 4.98 Å². The molecule has 5 heteroatoms. The predicted molar refractivity (Wildman–Crippen MR) is 72.2 cm³/mol. The lowest BCUT2D eigenvalue weighted by Gasteiger charge is -2.24. The molecule has 2 heterocycles. The van der Waals surface area contributed by atoms with Crippen LogP contribution in [0.4, 0.5) is 5.95 Å². The molecule has 5 nitrogen and oxygen atoms in total. The van der Waals surface area contributed by atoms with Crippen molar-refractivity contribution in [1.82, 2.24) is 10.1 Å². The maximum Gasteiger partial charge on any atom is 0.266 e. The van der Waals surface area contributed by atoms with Gasteiger partial charge in [0.2, 0.25) is 0 Å². The normalized spacial score (nSPS) is 15.7. The van der Waals surface area contributed by atoms with Crippen LogP contribution in [0.2, 0.25) is 0 Å². The second-order valence-electron chi connectivity index (χ2n) is 4.90. The monoisotopic (exact) mass is 259 g/mol. The molecule has 19 heavy (non-hydrogen) atoms. The van der Waals surface area contributed by atoms with Crippen molar-refractivity contribution in [3.05, 3.63) is 23.8 Å². The number of piperidine rings is 1. The summed E-state index contributed by atoms with van der Waals surface area (Å²) in [7, 11) is 0. The Morgan fingerprint density at radius 2 is 2.00 bits per heavy atom. The first-order valence-electron chi connectivity index (χ1n) is 6.63. The average molecular weight is 259 g/mol. The molecule has 1 fully saturated rings. The highest BCUT2D eigenvalue weighted by Crippen LogP contribution is 2.29. The van der Waals surface area contributed by atoms with Crippen LogP contribution in [0.15, 0.2) is 22.7 Å². The van der Waals surface area contributed by atoms with Gasteiger partial charge in [-0.3, -0.25) is 0 Å². The van der Waals surface area contributed by atoms with Crippen LogP contribution in [0.3, 0.4) is 0 Å². The van der Waals surface area contributed by atoms with Crippen molar-refractivity contribution in [1.29, 1.82) is 0 Å². The van der Waals surface area contributed by atoms with Crippen LogP contribution in [0.1, 0.15) is 24.8 Å². The van der Waals surface area contributed by atoms with Crippen molar-refractivity contribution in [3.8, 4) is 17.2 Å². The summed E-state index contributed by atoms with van der Waals surface area (Å²) in [4.78, 5) is 6.59. The molecule has 0 radical (unpaired) electrons. The van der Waals surface area contributed by atoms with E-state index in [4.69, 9.17) is 4.52 Å². The number of phenolic OH excluding ortho intramolecular Hbond substituents is 1. The summed E-state index contributed by atoms with van der Waals surface area (Å²) in [6, 6.07) is 5.31. The van der Waals surface area contributed by atoms with Gasteiger partial charge >= 0.3 is 0 Å². The van der Waals surface area contributed by atoms with Crippen molar-refractivity contribution in [2.75, 3.05) is 18.0 Å². The Labute approximate surface area is 111 Å². The average Bonchev–Trinajstić information content (AvgIpc) is 2.92. The van der Waals surface area contributed by atoms with Crippen LogP contribution in [0, 0.1) is 6.92 Å². The number of anilines is 1. The maximum atomic E-state index is 9.72. The SMILES string of the molecule is Cc1c(O)cccc1-c1nc(N2CCCCC2)no1. The first-order valence-corrected chi connectivity index (χ1v) is 6.63. The molecule has 1 aromatic carbocycles. The number of aromatic nitrogens is 2. The van der Waals surface area contributed by atoms with Gasteiger partial charge in [0.25, 0.3) is 11.8 Å². The Bertz CT molecular complexity index is 574. The van der Waals surface area contributed by atoms with Crippen molar-refractivity contribution in [3.63, 3.8) is 0 Å². The highest BCUT2D eigenvalue weighted by molar-refractivity contribution is 5.62. The van der Waals surface area contributed by atoms with Crippen LogP contribution in [0.25, 0.3) is 11.5 Å². The lowest BCUT2D eigenvalue weighted by Crippen LogP contribution is -2.30. The fraction of sp³-hybridized carbons (Fsp3) is 0.429. The number of aromatic hydroxyl groups is 1. The summed E-state index contributed by atoms with van der Waals surface area (Å²) in [5.41, 5.74) is 1.55. The first kappa shape index (κ1) is 12.0. The van der Waals surface area contributed by atoms with Gasteiger partial charge in [0.05, 0.1) is 0 Å². The van der Waals surface area contributed by atoms with Crippen LogP contribution in [0.5, 0.6) is 5.75 Å². The van der Waals surface area contributed by atoms with Gasteiger partial charge in [-0.15, -0.1) is 0 Å². The summed E-state index contributed by atoms with van der Waals surface area (Å²) in [5, 5.41) is 13.8. The van der Waals surface area contributed by atoms with E-state index in [1.54, 1.807) is 12.1 Å². The molecule has 1 saturated heterocycles. The number of rotatable bonds is 2. The van der Waals surface area contributed by atoms with Gasteiger partial charge in [-0.1, -0.05) is 6.07 Å². The Hall–Kier alpha value is -2.04. The smallest absolute Gasteiger partial charge is 0.266 e. The molecule has 2 aromatic rings. The number of benzene rings is 1. The molecule has 0 saturated carbocycles. The highest BCUT2D eigenvalue weighted by Gasteiger charge is 2.18. The standard InChI is InChI=1S/C14H17N3O2/c1-10-11(6-5-7-12(10)18)13-15-14(16-19-13)17-8-3-2-4-9-17/h5-7,18H,2-4,8-9H2,1H3. The molecule has 0 aliphatic carbocycles. The fourth-order valence-electron chi connectivity index (χ4n) is 2.40. The zero-order valence-electron chi connectivity index (χ0n) is 11.0. The molecule has 1 aromatic heterocycles. The van der Waals surface area contributed by atoms with Gasteiger partial charge in [0, 0.05) is 24.2 Å². The van der Waals surface area contributed by atoms with Crippen LogP contribution >= 0.6 is 0 Å². The quantitative estimate of drug-likeness (QED) is 0.898. The van der Waals surface area contributed by atoms with E-state index in [2.05, 4.69) is 15.0 Å². The van der Waals surface area contributed by atoms with Gasteiger partial charge in [0.15, 0.2) is 0 Å². The third-order valence-electron chi connectivity index (χ3n) is 3.59. The third kappa shape index (κ3) is 2.28. The summed E-state index contributed by atoms with van der Waals surface area (Å²) >= 11 is 0. The minimum absolute atomic E-state index is 0.246. The Kier molecular flexibility index (Phi) is 3.11. The highest BCUT2D eigenvalue weighted by atomic mass is 16.5. The summed E-state index contributed by atoms with van der Waals surface area (Å²) in [6.07, 6.45) is 3.62. The molecule has 0 atom stereocenters. The fourth-order valence-corrected chi connectivity index (χ4v) is 2.40. The van der Waals surface area contributed by atoms with E-state index in [9.17, 15) is 5.11 Å². The summed E-state index contributed by atoms with van der Waals surface area (Å²) in [6.45, 7) is 3.81. The molecule has 0 spiro atoms. The Morgan fingerprint density at radius 3 is 2.79 bits per heavy atom. The molecule has 0 unspecified atom stereocenters. The second-order valence-corrected chi connectivity index (χ2v) is 4.90. The summed E-state index contributed by atoms with van der Waals surface area (Å²) in [5.74, 6) is 1.36. The van der Waals surface area contributed by atoms with E-state index in [0.717, 1.165) is 24.2 Å². The Morgan fingerprint density at radius 1 is 1.21 bits per heavy atom. The molecule has 3 rings (SSSR count). The van der Waals surface area contributed by atoms with E-state index < -0.39 is 0 Å². The van der Waals surface area contributed by atoms with E-state index in [0.29, 0.717) is 11.8 Å². The van der Waals surface area contributed by atoms with E-state index in [1.807, 2.05) is 13.0 Å². The molecular weight excluding hydrogens is 242 g/mol. The van der Waals surface area contributed by atoms with Crippen LogP contribution < -0.4 is 4.90 Å². The molecule has 0 bridgehead atoms. The predicted octanol–water partition coefficient (Wildman–Crippen LogP) is 2.74. The molecule has 0 amide bonds. The zero-order valence-corrected chi connectivity index (χ0v) is 11.0. The number of phenols is 1. The van der Waals surface area contributed by atoms with Crippen molar-refractivity contribution in [2.24, 2.45) is 0 Å². The van der Waals surface area contributed by atoms with Crippen molar-refractivity contribution in [2.45, 2.75) is 26.2 Å². The molecule has 1 N–H and O–H groups in total. The van der Waals surface area contributed by atoms with Gasteiger partial charge in [-0.05, 0) is 43.5 Å². The maximum absolute atomic E-state index is 9.72. The van der Waals surface area contributed by atoms with Gasteiger partial charge in [-0.25, -0.2) is 0 Å². The van der Waals surface area contributed by atoms with Gasteiger partial charge < -0.3 is 14.5 Å². The molecule has 1 aliphatic rings. The molecule has 1 aliphatic heterocycles. The van der Waals surface area contributed by atoms with E-state index >= 15 is 0 Å². The van der Waals surface area contributed by atoms with E-state index in [-0.39, 0.29) is 5.75 Å². The molecule has 100 valence electrons. The third-order valence-corrected chi connectivity index (χ3v) is 3.59. The Balaban J connectivity index is 1.90. The van der Waals surface area contributed by atoms with Crippen molar-refractivity contribution < 1.29 is 9.63 Å². The number of hydrogen-bond acceptors (Lipinski definition) is 5. The topological polar surface area (TPSA) is 62.4 Å². The van der Waals surface area contributed by atoms with Gasteiger partial charge in [0.1, 0.15) is 5.75 Å².